The molecule has 0 aliphatic heterocycles. The molecule has 0 saturated heterocycles. The summed E-state index contributed by atoms with van der Waals surface area (Å²) in [6.07, 6.45) is 0. The molecule has 0 unspecified atom stereocenters. The predicted molar refractivity (Wildman–Crippen MR) is 74.6 cm³/mol. The largest absolute Gasteiger partial charge is 0.497 e. The lowest BCUT2D eigenvalue weighted by molar-refractivity contribution is 0.394. The molecule has 0 atom stereocenters. The van der Waals surface area contributed by atoms with E-state index in [9.17, 15) is 0 Å². The maximum atomic E-state index is 5.27. The summed E-state index contributed by atoms with van der Waals surface area (Å²) in [5.41, 5.74) is 2.89. The van der Waals surface area contributed by atoms with E-state index in [-0.39, 0.29) is 0 Å². The number of ether oxygens (including phenoxy) is 2. The zero-order valence-corrected chi connectivity index (χ0v) is 10.8. The van der Waals surface area contributed by atoms with Crippen LogP contribution in [0.4, 0.5) is 0 Å². The Labute approximate surface area is 111 Å². The van der Waals surface area contributed by atoms with Crippen LogP contribution in [0.3, 0.4) is 0 Å². The summed E-state index contributed by atoms with van der Waals surface area (Å²) in [4.78, 5) is 7.86. The molecule has 4 heteroatoms. The second kappa shape index (κ2) is 4.65. The average molecular weight is 254 g/mol. The average Bonchev–Trinajstić information content (AvgIpc) is 2.90. The number of fused-ring (bicyclic) bond motifs is 1. The summed E-state index contributed by atoms with van der Waals surface area (Å²) in [6, 6.07) is 13.6. The summed E-state index contributed by atoms with van der Waals surface area (Å²) in [5, 5.41) is 0. The fraction of sp³-hybridized carbons (Fsp3) is 0.133. The Balaban J connectivity index is 2.14. The maximum Gasteiger partial charge on any atom is 0.138 e. The van der Waals surface area contributed by atoms with Crippen LogP contribution < -0.4 is 9.47 Å². The van der Waals surface area contributed by atoms with E-state index in [1.807, 2.05) is 42.5 Å². The van der Waals surface area contributed by atoms with Crippen molar-refractivity contribution in [3.63, 3.8) is 0 Å². The maximum absolute atomic E-state index is 5.27. The van der Waals surface area contributed by atoms with E-state index in [4.69, 9.17) is 9.47 Å². The van der Waals surface area contributed by atoms with Crippen LogP contribution in [0, 0.1) is 0 Å². The van der Waals surface area contributed by atoms with Gasteiger partial charge in [-0.1, -0.05) is 12.1 Å². The number of aromatic amines is 1. The van der Waals surface area contributed by atoms with Crippen molar-refractivity contribution in [3.8, 4) is 22.9 Å². The lowest BCUT2D eigenvalue weighted by atomic mass is 10.2. The van der Waals surface area contributed by atoms with Crippen LogP contribution in [0.1, 0.15) is 0 Å². The van der Waals surface area contributed by atoms with Gasteiger partial charge >= 0.3 is 0 Å². The zero-order chi connectivity index (χ0) is 13.2. The highest BCUT2D eigenvalue weighted by Crippen LogP contribution is 2.29. The highest BCUT2D eigenvalue weighted by molar-refractivity contribution is 5.79. The van der Waals surface area contributed by atoms with Gasteiger partial charge in [0, 0.05) is 11.6 Å². The van der Waals surface area contributed by atoms with E-state index < -0.39 is 0 Å². The van der Waals surface area contributed by atoms with Crippen molar-refractivity contribution in [3.05, 3.63) is 42.5 Å². The number of benzene rings is 2. The van der Waals surface area contributed by atoms with Gasteiger partial charge in [0.2, 0.25) is 0 Å². The number of aromatic nitrogens is 2. The van der Waals surface area contributed by atoms with Crippen molar-refractivity contribution in [1.29, 1.82) is 0 Å². The Bertz CT molecular complexity index is 664. The van der Waals surface area contributed by atoms with Crippen LogP contribution in [0.2, 0.25) is 0 Å². The standard InChI is InChI=1S/C15H14N2O2/c1-18-11-7-10(8-12(9-11)19-2)15-16-13-5-3-4-6-14(13)17-15/h3-9H,1-2H3,(H,16,17). The molecule has 2 aromatic carbocycles. The first kappa shape index (κ1) is 11.6. The molecule has 0 aliphatic rings. The Hall–Kier alpha value is -2.49. The molecular weight excluding hydrogens is 240 g/mol. The number of H-pyrrole nitrogens is 1. The molecule has 3 aromatic rings. The molecule has 3 rings (SSSR count). The molecule has 4 nitrogen and oxygen atoms in total. The number of hydrogen-bond donors (Lipinski definition) is 1. The zero-order valence-electron chi connectivity index (χ0n) is 10.8. The highest BCUT2D eigenvalue weighted by Gasteiger charge is 2.08. The minimum absolute atomic E-state index is 0.745. The van der Waals surface area contributed by atoms with Gasteiger partial charge < -0.3 is 14.5 Å². The molecule has 0 radical (unpaired) electrons. The summed E-state index contributed by atoms with van der Waals surface area (Å²) < 4.78 is 10.5. The Morgan fingerprint density at radius 2 is 1.63 bits per heavy atom. The van der Waals surface area contributed by atoms with Crippen LogP contribution in [0.15, 0.2) is 42.5 Å². The van der Waals surface area contributed by atoms with Crippen molar-refractivity contribution in [2.75, 3.05) is 14.2 Å². The van der Waals surface area contributed by atoms with Gasteiger partial charge in [-0.05, 0) is 24.3 Å². The van der Waals surface area contributed by atoms with Crippen LogP contribution in [0.25, 0.3) is 22.4 Å². The lowest BCUT2D eigenvalue weighted by Crippen LogP contribution is -1.89. The third-order valence-corrected chi connectivity index (χ3v) is 3.01. The van der Waals surface area contributed by atoms with E-state index >= 15 is 0 Å². The van der Waals surface area contributed by atoms with Crippen molar-refractivity contribution in [2.24, 2.45) is 0 Å². The monoisotopic (exact) mass is 254 g/mol. The number of para-hydroxylation sites is 2. The van der Waals surface area contributed by atoms with Crippen LogP contribution in [-0.2, 0) is 0 Å². The van der Waals surface area contributed by atoms with Gasteiger partial charge in [0.05, 0.1) is 25.3 Å². The predicted octanol–water partition coefficient (Wildman–Crippen LogP) is 3.25. The Morgan fingerprint density at radius 1 is 0.947 bits per heavy atom. The van der Waals surface area contributed by atoms with E-state index in [1.165, 1.54) is 0 Å². The molecule has 0 fully saturated rings. The summed E-state index contributed by atoms with van der Waals surface area (Å²) in [6.45, 7) is 0. The third-order valence-electron chi connectivity index (χ3n) is 3.01. The number of hydrogen-bond acceptors (Lipinski definition) is 3. The molecule has 0 aliphatic carbocycles. The van der Waals surface area contributed by atoms with Crippen molar-refractivity contribution >= 4 is 11.0 Å². The fourth-order valence-corrected chi connectivity index (χ4v) is 2.03. The second-order valence-corrected chi connectivity index (χ2v) is 4.20. The van der Waals surface area contributed by atoms with Crippen molar-refractivity contribution in [2.45, 2.75) is 0 Å². The van der Waals surface area contributed by atoms with E-state index in [2.05, 4.69) is 9.97 Å². The second-order valence-electron chi connectivity index (χ2n) is 4.20. The molecule has 0 saturated carbocycles. The van der Waals surface area contributed by atoms with E-state index in [0.29, 0.717) is 0 Å². The van der Waals surface area contributed by atoms with Gasteiger partial charge in [0.25, 0.3) is 0 Å². The number of nitrogens with zero attached hydrogens (tertiary/aromatic N) is 1. The van der Waals surface area contributed by atoms with Crippen molar-refractivity contribution < 1.29 is 9.47 Å². The first-order chi connectivity index (χ1) is 9.30. The topological polar surface area (TPSA) is 47.1 Å². The molecule has 1 aromatic heterocycles. The quantitative estimate of drug-likeness (QED) is 0.780. The summed E-state index contributed by atoms with van der Waals surface area (Å²) >= 11 is 0. The van der Waals surface area contributed by atoms with Gasteiger partial charge in [0.1, 0.15) is 17.3 Å². The normalized spacial score (nSPS) is 10.6. The first-order valence-electron chi connectivity index (χ1n) is 5.98. The number of imidazole rings is 1. The number of nitrogens with one attached hydrogen (secondary N) is 1. The lowest BCUT2D eigenvalue weighted by Gasteiger charge is -2.06. The summed E-state index contributed by atoms with van der Waals surface area (Å²) in [5.74, 6) is 2.29. The minimum Gasteiger partial charge on any atom is -0.497 e. The van der Waals surface area contributed by atoms with Gasteiger partial charge in [-0.15, -0.1) is 0 Å². The molecule has 96 valence electrons. The number of rotatable bonds is 3. The van der Waals surface area contributed by atoms with E-state index in [1.54, 1.807) is 14.2 Å². The molecular formula is C15H14N2O2. The van der Waals surface area contributed by atoms with Crippen LogP contribution in [0.5, 0.6) is 11.5 Å². The first-order valence-corrected chi connectivity index (χ1v) is 5.98. The van der Waals surface area contributed by atoms with Crippen LogP contribution in [-0.4, -0.2) is 24.2 Å². The molecule has 0 bridgehead atoms. The smallest absolute Gasteiger partial charge is 0.138 e. The Kier molecular flexibility index (Phi) is 2.83. The van der Waals surface area contributed by atoms with Gasteiger partial charge in [-0.2, -0.15) is 0 Å². The van der Waals surface area contributed by atoms with Gasteiger partial charge in [-0.25, -0.2) is 4.98 Å². The third kappa shape index (κ3) is 2.12. The molecule has 1 N–H and O–H groups in total. The van der Waals surface area contributed by atoms with E-state index in [0.717, 1.165) is 33.9 Å². The minimum atomic E-state index is 0.745. The fourth-order valence-electron chi connectivity index (χ4n) is 2.03. The SMILES string of the molecule is COc1cc(OC)cc(-c2nc3ccccc3[nH]2)c1. The molecule has 1 heterocycles. The Morgan fingerprint density at radius 3 is 2.26 bits per heavy atom. The van der Waals surface area contributed by atoms with Crippen LogP contribution >= 0.6 is 0 Å². The highest BCUT2D eigenvalue weighted by atomic mass is 16.5. The summed E-state index contributed by atoms with van der Waals surface area (Å²) in [7, 11) is 3.27. The molecule has 0 spiro atoms. The number of methoxy groups -OCH3 is 2. The van der Waals surface area contributed by atoms with Gasteiger partial charge in [-0.3, -0.25) is 0 Å². The molecule has 0 amide bonds. The van der Waals surface area contributed by atoms with Crippen molar-refractivity contribution in [1.82, 2.24) is 9.97 Å². The molecule has 19 heavy (non-hydrogen) atoms. The van der Waals surface area contributed by atoms with Gasteiger partial charge in [0.15, 0.2) is 0 Å².